The van der Waals surface area contributed by atoms with Crippen LogP contribution in [-0.4, -0.2) is 16.2 Å². The Balaban J connectivity index is 0.000000806. The van der Waals surface area contributed by atoms with E-state index in [0.717, 1.165) is 23.2 Å². The number of hydrogen-bond donors (Lipinski definition) is 2. The molecule has 0 fully saturated rings. The maximum atomic E-state index is 14.4. The van der Waals surface area contributed by atoms with Crippen molar-refractivity contribution < 1.29 is 13.2 Å². The van der Waals surface area contributed by atoms with Gasteiger partial charge in [-0.2, -0.15) is 17.0 Å². The molecule has 9 heteroatoms. The van der Waals surface area contributed by atoms with Gasteiger partial charge in [0, 0.05) is 17.0 Å². The Bertz CT molecular complexity index is 1210. The summed E-state index contributed by atoms with van der Waals surface area (Å²) in [6.45, 7) is 0. The number of furan rings is 1. The average molecular weight is 425 g/mol. The Morgan fingerprint density at radius 3 is 2.77 bits per heavy atom. The van der Waals surface area contributed by atoms with Crippen LogP contribution in [0.5, 0.6) is 0 Å². The maximum Gasteiger partial charge on any atom is 0.227 e. The van der Waals surface area contributed by atoms with Crippen LogP contribution in [-0.2, 0) is 5.75 Å². The first-order valence-corrected chi connectivity index (χ1v) is 10.1. The number of hydrogen-bond acceptors (Lipinski definition) is 7. The third-order valence-electron chi connectivity index (χ3n) is 4.06. The molecule has 2 aromatic heterocycles. The third-order valence-corrected chi connectivity index (χ3v) is 4.68. The number of nitriles is 1. The van der Waals surface area contributed by atoms with Gasteiger partial charge >= 0.3 is 0 Å². The van der Waals surface area contributed by atoms with Crippen LogP contribution in [0.3, 0.4) is 0 Å². The molecule has 0 aliphatic rings. The smallest absolute Gasteiger partial charge is 0.227 e. The fourth-order valence-corrected chi connectivity index (χ4v) is 3.38. The number of aromatic nitrogens is 2. The normalized spacial score (nSPS) is 10.2. The summed E-state index contributed by atoms with van der Waals surface area (Å²) in [6, 6.07) is 12.1. The minimum Gasteiger partial charge on any atom is -0.464 e. The van der Waals surface area contributed by atoms with Crippen LogP contribution in [0.15, 0.2) is 59.3 Å². The second kappa shape index (κ2) is 9.71. The number of thioether (sulfide) groups is 1. The van der Waals surface area contributed by atoms with Gasteiger partial charge in [0.05, 0.1) is 17.8 Å². The van der Waals surface area contributed by atoms with E-state index < -0.39 is 11.6 Å². The molecule has 4 rings (SSSR count). The second-order valence-corrected chi connectivity index (χ2v) is 6.90. The summed E-state index contributed by atoms with van der Waals surface area (Å²) in [5.41, 5.74) is 6.79. The van der Waals surface area contributed by atoms with Gasteiger partial charge < -0.3 is 15.5 Å². The lowest BCUT2D eigenvalue weighted by Crippen LogP contribution is -2.01. The quantitative estimate of drug-likeness (QED) is 0.335. The molecule has 152 valence electrons. The van der Waals surface area contributed by atoms with Gasteiger partial charge in [-0.3, -0.25) is 0 Å². The van der Waals surface area contributed by atoms with Crippen molar-refractivity contribution in [2.24, 2.45) is 5.73 Å². The van der Waals surface area contributed by atoms with E-state index in [1.807, 2.05) is 30.5 Å². The summed E-state index contributed by atoms with van der Waals surface area (Å²) in [7, 11) is 0. The first-order chi connectivity index (χ1) is 14.6. The van der Waals surface area contributed by atoms with Gasteiger partial charge in [0.2, 0.25) is 5.95 Å². The Kier molecular flexibility index (Phi) is 6.83. The van der Waals surface area contributed by atoms with Crippen molar-refractivity contribution in [2.75, 3.05) is 11.6 Å². The molecule has 0 aliphatic carbocycles. The van der Waals surface area contributed by atoms with Crippen molar-refractivity contribution in [3.05, 3.63) is 72.1 Å². The summed E-state index contributed by atoms with van der Waals surface area (Å²) in [5, 5.41) is 10.5. The Morgan fingerprint density at radius 2 is 2.00 bits per heavy atom. The lowest BCUT2D eigenvalue weighted by molar-refractivity contribution is 0.605. The van der Waals surface area contributed by atoms with E-state index in [2.05, 4.69) is 21.0 Å². The predicted octanol–water partition coefficient (Wildman–Crippen LogP) is 5.20. The lowest BCUT2D eigenvalue weighted by Gasteiger charge is -2.09. The monoisotopic (exact) mass is 425 g/mol. The highest BCUT2D eigenvalue weighted by Gasteiger charge is 2.16. The largest absolute Gasteiger partial charge is 0.464 e. The van der Waals surface area contributed by atoms with E-state index >= 15 is 0 Å². The highest BCUT2D eigenvalue weighted by molar-refractivity contribution is 7.97. The van der Waals surface area contributed by atoms with Gasteiger partial charge in [0.25, 0.3) is 0 Å². The van der Waals surface area contributed by atoms with Crippen LogP contribution in [0, 0.1) is 23.1 Å². The third kappa shape index (κ3) is 4.67. The van der Waals surface area contributed by atoms with Crippen molar-refractivity contribution in [1.29, 1.82) is 5.26 Å². The standard InChI is InChI=1S/C20H15F2N3OS.CH2N2/c1-27-11-12-3-2-4-13(9-12)24-20-23-10-17(22)18(25-20)15-5-6-16(21)14-7-8-26-19(14)15;2-1-3/h2-10H,11H2,1H3,(H,23,24,25);2H2. The van der Waals surface area contributed by atoms with Crippen LogP contribution >= 0.6 is 11.8 Å². The molecule has 0 spiro atoms. The fraction of sp³-hybridized carbons (Fsp3) is 0.0952. The molecular weight excluding hydrogens is 408 g/mol. The van der Waals surface area contributed by atoms with E-state index in [1.165, 1.54) is 30.7 Å². The number of anilines is 2. The summed E-state index contributed by atoms with van der Waals surface area (Å²) in [6.07, 6.45) is 5.74. The SMILES string of the molecule is CSCc1cccc(Nc2ncc(F)c(-c3ccc(F)c4ccoc34)n2)c1.N#CN. The van der Waals surface area contributed by atoms with Crippen LogP contribution < -0.4 is 11.1 Å². The van der Waals surface area contributed by atoms with Gasteiger partial charge in [0.1, 0.15) is 17.1 Å². The molecule has 0 bridgehead atoms. The van der Waals surface area contributed by atoms with Crippen LogP contribution in [0.1, 0.15) is 5.56 Å². The zero-order valence-electron chi connectivity index (χ0n) is 15.9. The number of benzene rings is 2. The topological polar surface area (TPSA) is 101 Å². The molecule has 0 saturated carbocycles. The second-order valence-electron chi connectivity index (χ2n) is 6.04. The molecular formula is C21H17F2N5OS. The molecule has 2 heterocycles. The van der Waals surface area contributed by atoms with Gasteiger partial charge in [-0.05, 0) is 42.2 Å². The average Bonchev–Trinajstić information content (AvgIpc) is 3.22. The Labute approximate surface area is 175 Å². The van der Waals surface area contributed by atoms with Gasteiger partial charge in [-0.25, -0.2) is 18.7 Å². The maximum absolute atomic E-state index is 14.4. The zero-order chi connectivity index (χ0) is 21.5. The molecule has 0 atom stereocenters. The molecule has 0 unspecified atom stereocenters. The molecule has 0 radical (unpaired) electrons. The van der Waals surface area contributed by atoms with Crippen LogP contribution in [0.25, 0.3) is 22.2 Å². The minimum atomic E-state index is -0.610. The van der Waals surface area contributed by atoms with Gasteiger partial charge in [0.15, 0.2) is 12.0 Å². The van der Waals surface area contributed by atoms with Gasteiger partial charge in [-0.1, -0.05) is 12.1 Å². The molecule has 2 aromatic carbocycles. The van der Waals surface area contributed by atoms with E-state index in [-0.39, 0.29) is 22.6 Å². The summed E-state index contributed by atoms with van der Waals surface area (Å²) in [5.74, 6) is 0.0931. The Hall–Kier alpha value is -3.64. The lowest BCUT2D eigenvalue weighted by atomic mass is 10.1. The number of nitrogens with two attached hydrogens (primary N) is 1. The molecule has 0 saturated heterocycles. The molecule has 4 aromatic rings. The van der Waals surface area contributed by atoms with Crippen LogP contribution in [0.4, 0.5) is 20.4 Å². The molecule has 3 N–H and O–H groups in total. The van der Waals surface area contributed by atoms with E-state index in [9.17, 15) is 8.78 Å². The predicted molar refractivity (Wildman–Crippen MR) is 114 cm³/mol. The number of rotatable bonds is 5. The first kappa shape index (κ1) is 21.1. The highest BCUT2D eigenvalue weighted by Crippen LogP contribution is 2.32. The van der Waals surface area contributed by atoms with Crippen molar-refractivity contribution >= 4 is 34.4 Å². The number of nitrogens with zero attached hydrogens (tertiary/aromatic N) is 3. The Morgan fingerprint density at radius 1 is 1.20 bits per heavy atom. The van der Waals surface area contributed by atoms with E-state index in [1.54, 1.807) is 11.8 Å². The van der Waals surface area contributed by atoms with Crippen molar-refractivity contribution in [3.8, 4) is 17.5 Å². The molecule has 0 aliphatic heterocycles. The van der Waals surface area contributed by atoms with Crippen molar-refractivity contribution in [2.45, 2.75) is 5.75 Å². The number of fused-ring (bicyclic) bond motifs is 1. The van der Waals surface area contributed by atoms with Crippen molar-refractivity contribution in [3.63, 3.8) is 0 Å². The molecule has 6 nitrogen and oxygen atoms in total. The summed E-state index contributed by atoms with van der Waals surface area (Å²) in [4.78, 5) is 8.30. The van der Waals surface area contributed by atoms with E-state index in [0.29, 0.717) is 5.56 Å². The molecule has 0 amide bonds. The zero-order valence-corrected chi connectivity index (χ0v) is 16.7. The summed E-state index contributed by atoms with van der Waals surface area (Å²) < 4.78 is 33.6. The number of nitrogens with one attached hydrogen (secondary N) is 1. The first-order valence-electron chi connectivity index (χ1n) is 8.70. The molecule has 30 heavy (non-hydrogen) atoms. The van der Waals surface area contributed by atoms with E-state index in [4.69, 9.17) is 9.68 Å². The van der Waals surface area contributed by atoms with Gasteiger partial charge in [-0.15, -0.1) is 0 Å². The summed E-state index contributed by atoms with van der Waals surface area (Å²) >= 11 is 1.72. The van der Waals surface area contributed by atoms with Crippen LogP contribution in [0.2, 0.25) is 0 Å². The van der Waals surface area contributed by atoms with Crippen molar-refractivity contribution in [1.82, 2.24) is 9.97 Å². The fourth-order valence-electron chi connectivity index (χ4n) is 2.87. The highest BCUT2D eigenvalue weighted by atomic mass is 32.2. The minimum absolute atomic E-state index is 0.0488. The number of halogens is 2.